The van der Waals surface area contributed by atoms with Gasteiger partial charge in [-0.1, -0.05) is 18.2 Å². The summed E-state index contributed by atoms with van der Waals surface area (Å²) in [5.74, 6) is -0.641. The van der Waals surface area contributed by atoms with E-state index in [1.807, 2.05) is 31.2 Å². The van der Waals surface area contributed by atoms with E-state index in [1.165, 1.54) is 4.90 Å². The number of amides is 4. The Kier molecular flexibility index (Phi) is 5.07. The third kappa shape index (κ3) is 3.38. The van der Waals surface area contributed by atoms with Crippen LogP contribution in [0.25, 0.3) is 0 Å². The van der Waals surface area contributed by atoms with Crippen LogP contribution in [0.4, 0.5) is 16.2 Å². The molecule has 1 atom stereocenters. The smallest absolute Gasteiger partial charge is 0.326 e. The lowest BCUT2D eigenvalue weighted by Crippen LogP contribution is -2.39. The van der Waals surface area contributed by atoms with Crippen LogP contribution in [-0.4, -0.2) is 49.0 Å². The van der Waals surface area contributed by atoms with E-state index in [-0.39, 0.29) is 23.9 Å². The Morgan fingerprint density at radius 2 is 1.90 bits per heavy atom. The summed E-state index contributed by atoms with van der Waals surface area (Å²) in [5, 5.41) is 2.87. The lowest BCUT2D eigenvalue weighted by Gasteiger charge is -2.23. The van der Waals surface area contributed by atoms with E-state index in [0.29, 0.717) is 36.4 Å². The molecule has 4 rings (SSSR count). The minimum atomic E-state index is -0.336. The van der Waals surface area contributed by atoms with E-state index < -0.39 is 0 Å². The Morgan fingerprint density at radius 3 is 2.69 bits per heavy atom. The first-order chi connectivity index (χ1) is 14.0. The molecule has 2 aromatic rings. The lowest BCUT2D eigenvalue weighted by molar-refractivity contribution is 0.0638. The van der Waals surface area contributed by atoms with Gasteiger partial charge in [-0.25, -0.2) is 4.79 Å². The number of benzene rings is 2. The van der Waals surface area contributed by atoms with Gasteiger partial charge in [-0.3, -0.25) is 19.4 Å². The minimum absolute atomic E-state index is 0.0429. The van der Waals surface area contributed by atoms with Crippen molar-refractivity contribution >= 4 is 29.2 Å². The van der Waals surface area contributed by atoms with Gasteiger partial charge in [0.1, 0.15) is 0 Å². The maximum atomic E-state index is 12.9. The van der Waals surface area contributed by atoms with Gasteiger partial charge < -0.3 is 10.1 Å². The molecule has 150 valence electrons. The molecule has 0 spiro atoms. The summed E-state index contributed by atoms with van der Waals surface area (Å²) in [6.07, 6.45) is 1.38. The van der Waals surface area contributed by atoms with Gasteiger partial charge >= 0.3 is 6.03 Å². The number of methoxy groups -OCH3 is 1. The van der Waals surface area contributed by atoms with Crippen molar-refractivity contribution in [3.05, 3.63) is 59.2 Å². The van der Waals surface area contributed by atoms with Crippen molar-refractivity contribution in [3.63, 3.8) is 0 Å². The van der Waals surface area contributed by atoms with Crippen molar-refractivity contribution in [1.29, 1.82) is 0 Å². The lowest BCUT2D eigenvalue weighted by atomic mass is 10.1. The highest BCUT2D eigenvalue weighted by molar-refractivity contribution is 6.22. The van der Waals surface area contributed by atoms with E-state index in [4.69, 9.17) is 4.74 Å². The first kappa shape index (κ1) is 19.1. The molecule has 2 aliphatic rings. The number of hydrogen-bond acceptors (Lipinski definition) is 4. The van der Waals surface area contributed by atoms with Gasteiger partial charge in [-0.15, -0.1) is 0 Å². The number of carbonyl (C=O) groups excluding carboxylic acids is 3. The topological polar surface area (TPSA) is 79.0 Å². The number of urea groups is 1. The van der Waals surface area contributed by atoms with Crippen LogP contribution in [0, 0.1) is 0 Å². The van der Waals surface area contributed by atoms with Crippen LogP contribution in [-0.2, 0) is 11.2 Å². The van der Waals surface area contributed by atoms with Crippen LogP contribution >= 0.6 is 0 Å². The normalized spacial score (nSPS) is 17.5. The Hall–Kier alpha value is -3.19. The minimum Gasteiger partial charge on any atom is -0.385 e. The summed E-state index contributed by atoms with van der Waals surface area (Å²) < 4.78 is 4.99. The molecule has 0 saturated carbocycles. The fraction of sp³-hybridized carbons (Fsp3) is 0.318. The monoisotopic (exact) mass is 393 g/mol. The van der Waals surface area contributed by atoms with E-state index in [1.54, 1.807) is 30.2 Å². The number of anilines is 2. The first-order valence-electron chi connectivity index (χ1n) is 9.68. The Morgan fingerprint density at radius 1 is 1.14 bits per heavy atom. The number of imide groups is 1. The van der Waals surface area contributed by atoms with Crippen molar-refractivity contribution in [2.24, 2.45) is 0 Å². The Bertz CT molecular complexity index is 988. The maximum absolute atomic E-state index is 12.9. The van der Waals surface area contributed by atoms with Crippen molar-refractivity contribution in [1.82, 2.24) is 4.90 Å². The second-order valence-electron chi connectivity index (χ2n) is 7.35. The van der Waals surface area contributed by atoms with E-state index >= 15 is 0 Å². The highest BCUT2D eigenvalue weighted by Gasteiger charge is 2.36. The zero-order valence-corrected chi connectivity index (χ0v) is 16.5. The third-order valence-corrected chi connectivity index (χ3v) is 5.38. The molecule has 0 saturated heterocycles. The zero-order valence-electron chi connectivity index (χ0n) is 16.5. The molecule has 2 heterocycles. The van der Waals surface area contributed by atoms with Gasteiger partial charge in [-0.05, 0) is 49.6 Å². The van der Waals surface area contributed by atoms with Gasteiger partial charge in [0, 0.05) is 37.7 Å². The van der Waals surface area contributed by atoms with Gasteiger partial charge in [0.25, 0.3) is 11.8 Å². The molecule has 2 aromatic carbocycles. The van der Waals surface area contributed by atoms with Gasteiger partial charge in [0.05, 0.1) is 11.1 Å². The Balaban J connectivity index is 1.52. The fourth-order valence-electron chi connectivity index (χ4n) is 4.00. The number of para-hydroxylation sites is 1. The largest absolute Gasteiger partial charge is 0.385 e. The van der Waals surface area contributed by atoms with Gasteiger partial charge in [0.15, 0.2) is 0 Å². The number of rotatable bonds is 5. The second-order valence-corrected chi connectivity index (χ2v) is 7.35. The van der Waals surface area contributed by atoms with Gasteiger partial charge in [0.2, 0.25) is 0 Å². The van der Waals surface area contributed by atoms with Crippen LogP contribution in [0.2, 0.25) is 0 Å². The van der Waals surface area contributed by atoms with Crippen molar-refractivity contribution in [2.75, 3.05) is 30.5 Å². The summed E-state index contributed by atoms with van der Waals surface area (Å²) in [4.78, 5) is 41.0. The molecule has 1 N–H and O–H groups in total. The van der Waals surface area contributed by atoms with E-state index in [0.717, 1.165) is 17.7 Å². The quantitative estimate of drug-likeness (QED) is 0.624. The third-order valence-electron chi connectivity index (χ3n) is 5.38. The van der Waals surface area contributed by atoms with Crippen LogP contribution in [0.15, 0.2) is 42.5 Å². The molecular formula is C22H23N3O4. The number of ether oxygens (including phenoxy) is 1. The van der Waals surface area contributed by atoms with E-state index in [2.05, 4.69) is 5.32 Å². The molecule has 0 aromatic heterocycles. The maximum Gasteiger partial charge on any atom is 0.326 e. The fourth-order valence-corrected chi connectivity index (χ4v) is 4.00. The molecule has 2 aliphatic heterocycles. The predicted molar refractivity (Wildman–Crippen MR) is 109 cm³/mol. The molecule has 0 radical (unpaired) electrons. The second kappa shape index (κ2) is 7.67. The van der Waals surface area contributed by atoms with Crippen LogP contribution < -0.4 is 10.2 Å². The number of hydrogen-bond donors (Lipinski definition) is 1. The Labute approximate surface area is 169 Å². The van der Waals surface area contributed by atoms with E-state index in [9.17, 15) is 14.4 Å². The molecule has 4 amide bonds. The van der Waals surface area contributed by atoms with Crippen molar-refractivity contribution < 1.29 is 19.1 Å². The molecule has 0 aliphatic carbocycles. The summed E-state index contributed by atoms with van der Waals surface area (Å²) in [5.41, 5.74) is 3.21. The molecule has 1 unspecified atom stereocenters. The molecule has 7 nitrogen and oxygen atoms in total. The SMILES string of the molecule is COCCCN1C(=O)c2ccc(NC(=O)N3c4ccccc4CC3C)cc2C1=O. The number of carbonyl (C=O) groups is 3. The van der Waals surface area contributed by atoms with Crippen LogP contribution in [0.5, 0.6) is 0 Å². The standard InChI is InChI=1S/C22H23N3O4/c1-14-12-15-6-3-4-7-19(15)25(14)22(28)23-16-8-9-17-18(13-16)21(27)24(20(17)26)10-5-11-29-2/h3-4,6-9,13-14H,5,10-12H2,1-2H3,(H,23,28). The van der Waals surface area contributed by atoms with Crippen LogP contribution in [0.1, 0.15) is 39.6 Å². The number of fused-ring (bicyclic) bond motifs is 2. The summed E-state index contributed by atoms with van der Waals surface area (Å²) in [6.45, 7) is 2.79. The van der Waals surface area contributed by atoms with Crippen LogP contribution in [0.3, 0.4) is 0 Å². The molecule has 29 heavy (non-hydrogen) atoms. The highest BCUT2D eigenvalue weighted by Crippen LogP contribution is 2.33. The predicted octanol–water partition coefficient (Wildman–Crippen LogP) is 3.30. The van der Waals surface area contributed by atoms with Crippen molar-refractivity contribution in [2.45, 2.75) is 25.8 Å². The summed E-state index contributed by atoms with van der Waals surface area (Å²) >= 11 is 0. The number of nitrogens with one attached hydrogen (secondary N) is 1. The highest BCUT2D eigenvalue weighted by atomic mass is 16.5. The molecule has 0 bridgehead atoms. The number of nitrogens with zero attached hydrogens (tertiary/aromatic N) is 2. The molecule has 0 fully saturated rings. The molecule has 7 heteroatoms. The van der Waals surface area contributed by atoms with Crippen molar-refractivity contribution in [3.8, 4) is 0 Å². The molecular weight excluding hydrogens is 370 g/mol. The summed E-state index contributed by atoms with van der Waals surface area (Å²) in [6, 6.07) is 12.5. The summed E-state index contributed by atoms with van der Waals surface area (Å²) in [7, 11) is 1.58. The average molecular weight is 393 g/mol. The van der Waals surface area contributed by atoms with Gasteiger partial charge in [-0.2, -0.15) is 0 Å². The first-order valence-corrected chi connectivity index (χ1v) is 9.68. The zero-order chi connectivity index (χ0) is 20.5. The average Bonchev–Trinajstić information content (AvgIpc) is 3.16.